The summed E-state index contributed by atoms with van der Waals surface area (Å²) in [4.78, 5) is 14.7. The summed E-state index contributed by atoms with van der Waals surface area (Å²) in [6, 6.07) is 14.7. The van der Waals surface area contributed by atoms with Crippen LogP contribution in [0.5, 0.6) is 5.75 Å². The first-order valence-electron chi connectivity index (χ1n) is 10.3. The van der Waals surface area contributed by atoms with Gasteiger partial charge in [-0.25, -0.2) is 0 Å². The Labute approximate surface area is 168 Å². The van der Waals surface area contributed by atoms with Gasteiger partial charge in [-0.1, -0.05) is 42.8 Å². The van der Waals surface area contributed by atoms with E-state index in [1.54, 1.807) is 7.11 Å². The molecule has 0 radical (unpaired) electrons. The van der Waals surface area contributed by atoms with Gasteiger partial charge in [-0.15, -0.1) is 0 Å². The topological polar surface area (TPSA) is 41.6 Å². The molecule has 0 aromatic heterocycles. The highest BCUT2D eigenvalue weighted by Crippen LogP contribution is 2.19. The Bertz CT molecular complexity index is 765. The number of rotatable bonds is 8. The summed E-state index contributed by atoms with van der Waals surface area (Å²) in [5.41, 5.74) is 4.77. The maximum atomic E-state index is 12.2. The molecule has 2 aromatic rings. The van der Waals surface area contributed by atoms with Gasteiger partial charge in [0.05, 0.1) is 7.11 Å². The quantitative estimate of drug-likeness (QED) is 0.745. The number of nitrogens with one attached hydrogen (secondary N) is 1. The number of nitrogens with zero attached hydrogens (tertiary/aromatic N) is 1. The molecule has 0 saturated carbocycles. The summed E-state index contributed by atoms with van der Waals surface area (Å²) in [7, 11) is 1.68. The molecule has 0 atom stereocenters. The normalized spacial score (nSPS) is 14.6. The van der Waals surface area contributed by atoms with Gasteiger partial charge < -0.3 is 10.1 Å². The van der Waals surface area contributed by atoms with Gasteiger partial charge >= 0.3 is 0 Å². The van der Waals surface area contributed by atoms with Gasteiger partial charge in [0.15, 0.2) is 0 Å². The van der Waals surface area contributed by atoms with E-state index in [0.717, 1.165) is 35.4 Å². The Kier molecular flexibility index (Phi) is 7.49. The predicted octanol–water partition coefficient (Wildman–Crippen LogP) is 4.24. The summed E-state index contributed by atoms with van der Waals surface area (Å²) in [5.74, 6) is 0.975. The Morgan fingerprint density at radius 1 is 1.00 bits per heavy atom. The summed E-state index contributed by atoms with van der Waals surface area (Å²) in [6.07, 6.45) is 5.25. The van der Waals surface area contributed by atoms with E-state index in [0.29, 0.717) is 13.0 Å². The number of benzene rings is 2. The number of likely N-dealkylation sites (tertiary alicyclic amines) is 1. The molecule has 4 nitrogen and oxygen atoms in total. The van der Waals surface area contributed by atoms with Crippen molar-refractivity contribution in [1.82, 2.24) is 10.2 Å². The van der Waals surface area contributed by atoms with Gasteiger partial charge in [-0.3, -0.25) is 9.69 Å². The molecular formula is C24H32N2O2. The third kappa shape index (κ3) is 6.10. The van der Waals surface area contributed by atoms with E-state index in [2.05, 4.69) is 40.5 Å². The van der Waals surface area contributed by atoms with Gasteiger partial charge in [-0.2, -0.15) is 0 Å². The summed E-state index contributed by atoms with van der Waals surface area (Å²) < 4.78 is 5.28. The molecule has 2 aromatic carbocycles. The minimum absolute atomic E-state index is 0.0888. The van der Waals surface area contributed by atoms with E-state index < -0.39 is 0 Å². The second kappa shape index (κ2) is 10.3. The van der Waals surface area contributed by atoms with E-state index in [9.17, 15) is 4.79 Å². The molecule has 0 unspecified atom stereocenters. The molecule has 1 saturated heterocycles. The lowest BCUT2D eigenvalue weighted by Crippen LogP contribution is -2.29. The van der Waals surface area contributed by atoms with Gasteiger partial charge in [0.1, 0.15) is 5.75 Å². The van der Waals surface area contributed by atoms with Crippen molar-refractivity contribution in [2.24, 2.45) is 0 Å². The highest BCUT2D eigenvalue weighted by atomic mass is 16.5. The highest BCUT2D eigenvalue weighted by molar-refractivity contribution is 5.76. The molecular weight excluding hydrogens is 348 g/mol. The lowest BCUT2D eigenvalue weighted by atomic mass is 10.1. The molecule has 1 fully saturated rings. The van der Waals surface area contributed by atoms with E-state index in [1.165, 1.54) is 37.9 Å². The Hall–Kier alpha value is -2.33. The Morgan fingerprint density at radius 2 is 1.68 bits per heavy atom. The lowest BCUT2D eigenvalue weighted by Gasteiger charge is -2.26. The number of hydrogen-bond acceptors (Lipinski definition) is 3. The van der Waals surface area contributed by atoms with Crippen LogP contribution in [0.4, 0.5) is 0 Å². The minimum atomic E-state index is 0.0888. The summed E-state index contributed by atoms with van der Waals surface area (Å²) >= 11 is 0. The van der Waals surface area contributed by atoms with Crippen LogP contribution in [0.2, 0.25) is 0 Å². The Morgan fingerprint density at radius 3 is 2.36 bits per heavy atom. The number of piperidine rings is 1. The number of hydrogen-bond donors (Lipinski definition) is 1. The van der Waals surface area contributed by atoms with Crippen molar-refractivity contribution < 1.29 is 9.53 Å². The van der Waals surface area contributed by atoms with Gasteiger partial charge in [0, 0.05) is 19.5 Å². The first-order valence-corrected chi connectivity index (χ1v) is 10.3. The first-order chi connectivity index (χ1) is 13.6. The van der Waals surface area contributed by atoms with Gasteiger partial charge in [0.2, 0.25) is 5.91 Å². The fourth-order valence-corrected chi connectivity index (χ4v) is 3.78. The fourth-order valence-electron chi connectivity index (χ4n) is 3.78. The van der Waals surface area contributed by atoms with Crippen molar-refractivity contribution in [1.29, 1.82) is 0 Å². The van der Waals surface area contributed by atoms with Crippen molar-refractivity contribution in [3.8, 4) is 5.75 Å². The van der Waals surface area contributed by atoms with Crippen molar-refractivity contribution in [2.75, 3.05) is 20.2 Å². The average molecular weight is 381 g/mol. The third-order valence-corrected chi connectivity index (χ3v) is 5.47. The van der Waals surface area contributed by atoms with Crippen LogP contribution in [0.3, 0.4) is 0 Å². The maximum Gasteiger partial charge on any atom is 0.220 e. The van der Waals surface area contributed by atoms with Crippen LogP contribution >= 0.6 is 0 Å². The van der Waals surface area contributed by atoms with Gasteiger partial charge in [0.25, 0.3) is 0 Å². The number of ether oxygens (including phenoxy) is 1. The average Bonchev–Trinajstić information content (AvgIpc) is 2.72. The molecule has 1 aliphatic heterocycles. The monoisotopic (exact) mass is 380 g/mol. The molecule has 1 aliphatic rings. The van der Waals surface area contributed by atoms with Crippen LogP contribution in [0.15, 0.2) is 42.5 Å². The van der Waals surface area contributed by atoms with Crippen molar-refractivity contribution in [3.05, 3.63) is 64.7 Å². The van der Waals surface area contributed by atoms with E-state index in [-0.39, 0.29) is 5.91 Å². The van der Waals surface area contributed by atoms with Crippen LogP contribution in [0, 0.1) is 6.92 Å². The van der Waals surface area contributed by atoms with E-state index in [4.69, 9.17) is 4.74 Å². The van der Waals surface area contributed by atoms with E-state index in [1.807, 2.05) is 19.1 Å². The standard InChI is InChI=1S/C24H32N2O2/c1-19-16-20(10-12-23(19)28-2)11-13-24(27)25-17-21-6-8-22(9-7-21)18-26-14-4-3-5-15-26/h6-10,12,16H,3-5,11,13-15,17-18H2,1-2H3,(H,25,27). The summed E-state index contributed by atoms with van der Waals surface area (Å²) in [6.45, 7) is 6.08. The van der Waals surface area contributed by atoms with Crippen LogP contribution in [-0.4, -0.2) is 31.0 Å². The molecule has 0 spiro atoms. The third-order valence-electron chi connectivity index (χ3n) is 5.47. The van der Waals surface area contributed by atoms with Crippen molar-refractivity contribution >= 4 is 5.91 Å². The first kappa shape index (κ1) is 20.4. The minimum Gasteiger partial charge on any atom is -0.496 e. The largest absolute Gasteiger partial charge is 0.496 e. The number of amides is 1. The number of methoxy groups -OCH3 is 1. The molecule has 3 rings (SSSR count). The van der Waals surface area contributed by atoms with Crippen LogP contribution in [0.1, 0.15) is 47.9 Å². The van der Waals surface area contributed by atoms with Crippen molar-refractivity contribution in [3.63, 3.8) is 0 Å². The van der Waals surface area contributed by atoms with Crippen LogP contribution in [-0.2, 0) is 24.3 Å². The zero-order valence-corrected chi connectivity index (χ0v) is 17.2. The molecule has 1 amide bonds. The van der Waals surface area contributed by atoms with Crippen molar-refractivity contribution in [2.45, 2.75) is 52.1 Å². The maximum absolute atomic E-state index is 12.2. The van der Waals surface area contributed by atoms with Crippen LogP contribution < -0.4 is 10.1 Å². The molecule has 1 N–H and O–H groups in total. The number of aryl methyl sites for hydroxylation is 2. The van der Waals surface area contributed by atoms with Gasteiger partial charge in [-0.05, 0) is 67.6 Å². The predicted molar refractivity (Wildman–Crippen MR) is 113 cm³/mol. The second-order valence-corrected chi connectivity index (χ2v) is 7.73. The Balaban J connectivity index is 1.40. The lowest BCUT2D eigenvalue weighted by molar-refractivity contribution is -0.121. The number of carbonyl (C=O) groups excluding carboxylic acids is 1. The second-order valence-electron chi connectivity index (χ2n) is 7.73. The summed E-state index contributed by atoms with van der Waals surface area (Å²) in [5, 5.41) is 3.03. The van der Waals surface area contributed by atoms with E-state index >= 15 is 0 Å². The molecule has 0 aliphatic carbocycles. The molecule has 4 heteroatoms. The highest BCUT2D eigenvalue weighted by Gasteiger charge is 2.10. The number of carbonyl (C=O) groups is 1. The zero-order chi connectivity index (χ0) is 19.8. The molecule has 1 heterocycles. The SMILES string of the molecule is COc1ccc(CCC(=O)NCc2ccc(CN3CCCCC3)cc2)cc1C. The molecule has 150 valence electrons. The smallest absolute Gasteiger partial charge is 0.220 e. The molecule has 0 bridgehead atoms. The molecule has 28 heavy (non-hydrogen) atoms. The zero-order valence-electron chi connectivity index (χ0n) is 17.2. The van der Waals surface area contributed by atoms with Crippen LogP contribution in [0.25, 0.3) is 0 Å². The fraction of sp³-hybridized carbons (Fsp3) is 0.458.